The van der Waals surface area contributed by atoms with Crippen LogP contribution in [0.5, 0.6) is 0 Å². The summed E-state index contributed by atoms with van der Waals surface area (Å²) in [5.41, 5.74) is 4.47. The first-order chi connectivity index (χ1) is 12.9. The molecule has 0 radical (unpaired) electrons. The minimum absolute atomic E-state index is 0.189. The van der Waals surface area contributed by atoms with Crippen LogP contribution < -0.4 is 0 Å². The van der Waals surface area contributed by atoms with E-state index in [0.29, 0.717) is 21.2 Å². The fourth-order valence-electron chi connectivity index (χ4n) is 3.52. The lowest BCUT2D eigenvalue weighted by Crippen LogP contribution is -2.02. The van der Waals surface area contributed by atoms with Crippen molar-refractivity contribution in [3.05, 3.63) is 92.2 Å². The van der Waals surface area contributed by atoms with Crippen LogP contribution in [0.1, 0.15) is 37.7 Å². The van der Waals surface area contributed by atoms with Crippen LogP contribution >= 0.6 is 23.2 Å². The van der Waals surface area contributed by atoms with Gasteiger partial charge in [0.15, 0.2) is 11.6 Å². The van der Waals surface area contributed by atoms with E-state index in [0.717, 1.165) is 22.6 Å². The molecule has 0 saturated heterocycles. The molecule has 1 aliphatic rings. The van der Waals surface area contributed by atoms with Gasteiger partial charge in [0.05, 0.1) is 16.3 Å². The molecule has 1 heterocycles. The van der Waals surface area contributed by atoms with Gasteiger partial charge in [0, 0.05) is 27.5 Å². The van der Waals surface area contributed by atoms with Crippen molar-refractivity contribution in [3.63, 3.8) is 0 Å². The van der Waals surface area contributed by atoms with Gasteiger partial charge in [0.25, 0.3) is 0 Å². The van der Waals surface area contributed by atoms with E-state index in [-0.39, 0.29) is 17.1 Å². The normalized spacial score (nSPS) is 13.3. The second-order valence-corrected chi connectivity index (χ2v) is 7.36. The molecule has 0 bridgehead atoms. The fraction of sp³-hybridized carbons (Fsp3) is 0.0909. The van der Waals surface area contributed by atoms with E-state index in [1.165, 1.54) is 0 Å². The van der Waals surface area contributed by atoms with Gasteiger partial charge in [0.2, 0.25) is 0 Å². The molecule has 0 fully saturated rings. The lowest BCUT2D eigenvalue weighted by atomic mass is 10.1. The zero-order chi connectivity index (χ0) is 19.3. The van der Waals surface area contributed by atoms with Crippen LogP contribution in [0.3, 0.4) is 0 Å². The van der Waals surface area contributed by atoms with Gasteiger partial charge in [-0.05, 0) is 49.8 Å². The molecule has 2 aromatic carbocycles. The van der Waals surface area contributed by atoms with Gasteiger partial charge >= 0.3 is 0 Å². The molecule has 5 heteroatoms. The van der Waals surface area contributed by atoms with Crippen molar-refractivity contribution in [2.75, 3.05) is 0 Å². The number of ketones is 2. The maximum absolute atomic E-state index is 12.6. The van der Waals surface area contributed by atoms with E-state index in [1.54, 1.807) is 48.5 Å². The molecule has 0 unspecified atom stereocenters. The number of halogens is 2. The highest BCUT2D eigenvalue weighted by molar-refractivity contribution is 6.41. The van der Waals surface area contributed by atoms with Crippen molar-refractivity contribution in [1.29, 1.82) is 0 Å². The van der Waals surface area contributed by atoms with Crippen LogP contribution in [-0.4, -0.2) is 16.1 Å². The van der Waals surface area contributed by atoms with Crippen LogP contribution in [0.25, 0.3) is 11.8 Å². The maximum atomic E-state index is 12.6. The number of rotatable bonds is 2. The van der Waals surface area contributed by atoms with Crippen LogP contribution in [0.4, 0.5) is 0 Å². The average molecular weight is 396 g/mol. The van der Waals surface area contributed by atoms with E-state index in [2.05, 4.69) is 0 Å². The molecule has 1 aromatic heterocycles. The van der Waals surface area contributed by atoms with Crippen molar-refractivity contribution in [2.24, 2.45) is 0 Å². The number of carbonyl (C=O) groups is 2. The van der Waals surface area contributed by atoms with Gasteiger partial charge in [-0.3, -0.25) is 9.59 Å². The molecule has 0 spiro atoms. The Labute approximate surface area is 166 Å². The van der Waals surface area contributed by atoms with Gasteiger partial charge < -0.3 is 4.57 Å². The molecule has 4 rings (SSSR count). The third-order valence-corrected chi connectivity index (χ3v) is 5.38. The largest absolute Gasteiger partial charge is 0.316 e. The number of Topliss-reactive ketones (excluding diaryl/α,β-unsaturated/α-hetero) is 2. The predicted octanol–water partition coefficient (Wildman–Crippen LogP) is 5.86. The Morgan fingerprint density at radius 2 is 1.52 bits per heavy atom. The van der Waals surface area contributed by atoms with Crippen LogP contribution in [0.2, 0.25) is 10.0 Å². The number of benzene rings is 2. The zero-order valence-corrected chi connectivity index (χ0v) is 16.2. The highest BCUT2D eigenvalue weighted by Crippen LogP contribution is 2.32. The number of aromatic nitrogens is 1. The lowest BCUT2D eigenvalue weighted by Gasteiger charge is -2.12. The number of aryl methyl sites for hydroxylation is 1. The Hall–Kier alpha value is -2.62. The minimum atomic E-state index is -0.235. The molecule has 0 amide bonds. The second-order valence-electron chi connectivity index (χ2n) is 6.52. The van der Waals surface area contributed by atoms with E-state index in [9.17, 15) is 9.59 Å². The minimum Gasteiger partial charge on any atom is -0.316 e. The molecule has 3 nitrogen and oxygen atoms in total. The Balaban J connectivity index is 1.84. The monoisotopic (exact) mass is 395 g/mol. The summed E-state index contributed by atoms with van der Waals surface area (Å²) in [6.45, 7) is 3.87. The maximum Gasteiger partial charge on any atom is 0.197 e. The molecule has 27 heavy (non-hydrogen) atoms. The van der Waals surface area contributed by atoms with Crippen LogP contribution in [0.15, 0.2) is 54.1 Å². The third-order valence-electron chi connectivity index (χ3n) is 4.82. The Kier molecular flexibility index (Phi) is 4.29. The number of fused-ring (bicyclic) bond motifs is 1. The first-order valence-electron chi connectivity index (χ1n) is 8.43. The highest BCUT2D eigenvalue weighted by Gasteiger charge is 2.32. The van der Waals surface area contributed by atoms with E-state index in [1.807, 2.05) is 24.5 Å². The van der Waals surface area contributed by atoms with E-state index in [4.69, 9.17) is 23.2 Å². The molecule has 0 aliphatic heterocycles. The molecule has 0 saturated carbocycles. The van der Waals surface area contributed by atoms with Crippen molar-refractivity contribution in [1.82, 2.24) is 4.57 Å². The summed E-state index contributed by atoms with van der Waals surface area (Å²) < 4.78 is 1.97. The smallest absolute Gasteiger partial charge is 0.197 e. The SMILES string of the molecule is Cc1cc(C=C2C(=O)c3ccccc3C2=O)c(C)n1-c1cc(Cl)ccc1Cl. The fourth-order valence-corrected chi connectivity index (χ4v) is 3.89. The average Bonchev–Trinajstić information content (AvgIpc) is 3.06. The summed E-state index contributed by atoms with van der Waals surface area (Å²) in [4.78, 5) is 25.3. The molecule has 134 valence electrons. The van der Waals surface area contributed by atoms with Crippen molar-refractivity contribution < 1.29 is 9.59 Å². The van der Waals surface area contributed by atoms with Crippen molar-refractivity contribution in [2.45, 2.75) is 13.8 Å². The van der Waals surface area contributed by atoms with Crippen molar-refractivity contribution in [3.8, 4) is 5.69 Å². The Morgan fingerprint density at radius 1 is 0.889 bits per heavy atom. The second kappa shape index (κ2) is 6.52. The van der Waals surface area contributed by atoms with E-state index < -0.39 is 0 Å². The number of hydrogen-bond donors (Lipinski definition) is 0. The summed E-state index contributed by atoms with van der Waals surface area (Å²) in [6.07, 6.45) is 1.67. The summed E-state index contributed by atoms with van der Waals surface area (Å²) >= 11 is 12.5. The summed E-state index contributed by atoms with van der Waals surface area (Å²) in [7, 11) is 0. The first-order valence-corrected chi connectivity index (χ1v) is 9.18. The van der Waals surface area contributed by atoms with Gasteiger partial charge in [-0.25, -0.2) is 0 Å². The van der Waals surface area contributed by atoms with E-state index >= 15 is 0 Å². The number of allylic oxidation sites excluding steroid dienone is 1. The standard InChI is InChI=1S/C22H15Cl2NO2/c1-12-9-14(13(2)25(12)20-11-15(23)7-8-19(20)24)10-18-21(26)16-5-3-4-6-17(16)22(18)27/h3-11H,1-2H3. The molecule has 0 N–H and O–H groups in total. The first kappa shape index (κ1) is 17.8. The summed E-state index contributed by atoms with van der Waals surface area (Å²) in [5, 5.41) is 1.15. The van der Waals surface area contributed by atoms with Crippen LogP contribution in [-0.2, 0) is 0 Å². The zero-order valence-electron chi connectivity index (χ0n) is 14.7. The number of nitrogens with zero attached hydrogens (tertiary/aromatic N) is 1. The summed E-state index contributed by atoms with van der Waals surface area (Å²) in [6, 6.07) is 14.1. The van der Waals surface area contributed by atoms with Gasteiger partial charge in [0.1, 0.15) is 0 Å². The molecular weight excluding hydrogens is 381 g/mol. The highest BCUT2D eigenvalue weighted by atomic mass is 35.5. The predicted molar refractivity (Wildman–Crippen MR) is 108 cm³/mol. The molecule has 3 aromatic rings. The van der Waals surface area contributed by atoms with Gasteiger partial charge in [-0.15, -0.1) is 0 Å². The quantitative estimate of drug-likeness (QED) is 0.402. The number of hydrogen-bond acceptors (Lipinski definition) is 2. The van der Waals surface area contributed by atoms with Gasteiger partial charge in [-0.1, -0.05) is 47.5 Å². The van der Waals surface area contributed by atoms with Crippen LogP contribution in [0, 0.1) is 13.8 Å². The molecule has 1 aliphatic carbocycles. The number of carbonyl (C=O) groups excluding carboxylic acids is 2. The third kappa shape index (κ3) is 2.84. The molecular formula is C22H15Cl2NO2. The van der Waals surface area contributed by atoms with Crippen molar-refractivity contribution >= 4 is 40.8 Å². The Morgan fingerprint density at radius 3 is 2.15 bits per heavy atom. The van der Waals surface area contributed by atoms with Gasteiger partial charge in [-0.2, -0.15) is 0 Å². The topological polar surface area (TPSA) is 39.1 Å². The summed E-state index contributed by atoms with van der Waals surface area (Å²) in [5.74, 6) is -0.470. The molecule has 0 atom stereocenters. The Bertz CT molecular complexity index is 1120. The lowest BCUT2D eigenvalue weighted by molar-refractivity contribution is 0.0990.